The van der Waals surface area contributed by atoms with Gasteiger partial charge in [0.1, 0.15) is 11.3 Å². The molecule has 4 heterocycles. The molecule has 0 saturated carbocycles. The summed E-state index contributed by atoms with van der Waals surface area (Å²) in [7, 11) is 0. The number of pyridine rings is 1. The Hall–Kier alpha value is -4.21. The van der Waals surface area contributed by atoms with Crippen molar-refractivity contribution in [2.45, 2.75) is 6.42 Å². The Morgan fingerprint density at radius 2 is 1.76 bits per heavy atom. The molecule has 1 amide bonds. The van der Waals surface area contributed by atoms with Crippen LogP contribution in [0.15, 0.2) is 72.0 Å². The van der Waals surface area contributed by atoms with Gasteiger partial charge in [0.05, 0.1) is 25.1 Å². The highest BCUT2D eigenvalue weighted by atomic mass is 16.5. The summed E-state index contributed by atoms with van der Waals surface area (Å²) in [5.41, 5.74) is 7.59. The minimum Gasteiger partial charge on any atom is -0.378 e. The van der Waals surface area contributed by atoms with Crippen LogP contribution in [0.2, 0.25) is 0 Å². The number of ether oxygens (including phenoxy) is 1. The Bertz CT molecular complexity index is 1480. The number of morpholine rings is 1. The molecule has 6 rings (SSSR count). The van der Waals surface area contributed by atoms with Crippen molar-refractivity contribution in [2.24, 2.45) is 4.99 Å². The van der Waals surface area contributed by atoms with E-state index in [0.29, 0.717) is 31.9 Å². The second-order valence-electron chi connectivity index (χ2n) is 8.38. The van der Waals surface area contributed by atoms with E-state index in [1.165, 1.54) is 5.56 Å². The van der Waals surface area contributed by atoms with Gasteiger partial charge in [-0.15, -0.1) is 0 Å². The first-order chi connectivity index (χ1) is 16.7. The van der Waals surface area contributed by atoms with Crippen LogP contribution in [0.1, 0.15) is 27.2 Å². The van der Waals surface area contributed by atoms with Gasteiger partial charge in [-0.3, -0.25) is 14.2 Å². The SMILES string of the molecule is O=C(c1ccc(-c2ccc3ncc(C#Cc4ccc5c(c4)N=CC5)n3c2)cc1)N1CCOCC1. The third kappa shape index (κ3) is 3.87. The fourth-order valence-corrected chi connectivity index (χ4v) is 4.31. The fraction of sp³-hybridized carbons (Fsp3) is 0.179. The van der Waals surface area contributed by atoms with Crippen molar-refractivity contribution >= 4 is 23.5 Å². The van der Waals surface area contributed by atoms with Gasteiger partial charge >= 0.3 is 0 Å². The number of hydrogen-bond donors (Lipinski definition) is 0. The van der Waals surface area contributed by atoms with Gasteiger partial charge in [0.25, 0.3) is 5.91 Å². The molecule has 0 aliphatic carbocycles. The molecule has 2 aromatic heterocycles. The fourth-order valence-electron chi connectivity index (χ4n) is 4.31. The van der Waals surface area contributed by atoms with Gasteiger partial charge in [-0.2, -0.15) is 0 Å². The number of imidazole rings is 1. The molecule has 6 heteroatoms. The maximum absolute atomic E-state index is 12.7. The zero-order valence-corrected chi connectivity index (χ0v) is 18.6. The van der Waals surface area contributed by atoms with E-state index in [0.717, 1.165) is 40.1 Å². The van der Waals surface area contributed by atoms with Crippen molar-refractivity contribution in [2.75, 3.05) is 26.3 Å². The van der Waals surface area contributed by atoms with Crippen LogP contribution in [0.25, 0.3) is 16.8 Å². The normalized spacial score (nSPS) is 14.6. The lowest BCUT2D eigenvalue weighted by atomic mass is 10.0. The Morgan fingerprint density at radius 3 is 2.62 bits per heavy atom. The summed E-state index contributed by atoms with van der Waals surface area (Å²) in [5, 5.41) is 0. The molecule has 6 nitrogen and oxygen atoms in total. The maximum Gasteiger partial charge on any atom is 0.254 e. The maximum atomic E-state index is 12.7. The zero-order chi connectivity index (χ0) is 22.9. The third-order valence-electron chi connectivity index (χ3n) is 6.23. The molecule has 1 fully saturated rings. The van der Waals surface area contributed by atoms with Crippen molar-refractivity contribution in [3.8, 4) is 23.0 Å². The lowest BCUT2D eigenvalue weighted by Crippen LogP contribution is -2.40. The molecule has 4 aromatic rings. The number of nitrogens with zero attached hydrogens (tertiary/aromatic N) is 4. The Kier molecular flexibility index (Phi) is 5.17. The van der Waals surface area contributed by atoms with E-state index in [2.05, 4.69) is 27.9 Å². The Labute approximate surface area is 197 Å². The van der Waals surface area contributed by atoms with Gasteiger partial charge in [0.2, 0.25) is 0 Å². The summed E-state index contributed by atoms with van der Waals surface area (Å²) in [6, 6.07) is 17.9. The van der Waals surface area contributed by atoms with Crippen molar-refractivity contribution in [1.29, 1.82) is 0 Å². The number of hydrogen-bond acceptors (Lipinski definition) is 4. The largest absolute Gasteiger partial charge is 0.378 e. The van der Waals surface area contributed by atoms with Crippen LogP contribution in [-0.2, 0) is 11.2 Å². The highest BCUT2D eigenvalue weighted by molar-refractivity contribution is 5.94. The van der Waals surface area contributed by atoms with Gasteiger partial charge in [-0.1, -0.05) is 24.1 Å². The quantitative estimate of drug-likeness (QED) is 0.435. The average molecular weight is 447 g/mol. The summed E-state index contributed by atoms with van der Waals surface area (Å²) in [4.78, 5) is 23.5. The van der Waals surface area contributed by atoms with Crippen LogP contribution in [0.4, 0.5) is 5.69 Å². The Morgan fingerprint density at radius 1 is 0.941 bits per heavy atom. The van der Waals surface area contributed by atoms with Crippen LogP contribution in [0, 0.1) is 11.8 Å². The smallest absolute Gasteiger partial charge is 0.254 e. The first-order valence-electron chi connectivity index (χ1n) is 11.4. The lowest BCUT2D eigenvalue weighted by Gasteiger charge is -2.26. The van der Waals surface area contributed by atoms with Crippen LogP contribution >= 0.6 is 0 Å². The molecule has 0 N–H and O–H groups in total. The van der Waals surface area contributed by atoms with E-state index < -0.39 is 0 Å². The highest BCUT2D eigenvalue weighted by Gasteiger charge is 2.18. The second-order valence-corrected chi connectivity index (χ2v) is 8.38. The number of aliphatic imine (C=N–C) groups is 1. The monoisotopic (exact) mass is 446 g/mol. The summed E-state index contributed by atoms with van der Waals surface area (Å²) < 4.78 is 7.35. The first-order valence-corrected chi connectivity index (χ1v) is 11.4. The number of carbonyl (C=O) groups excluding carboxylic acids is 1. The molecule has 0 atom stereocenters. The molecule has 0 unspecified atom stereocenters. The zero-order valence-electron chi connectivity index (χ0n) is 18.6. The van der Waals surface area contributed by atoms with Crippen molar-refractivity contribution < 1.29 is 9.53 Å². The van der Waals surface area contributed by atoms with E-state index in [4.69, 9.17) is 4.74 Å². The molecule has 2 aliphatic rings. The molecule has 34 heavy (non-hydrogen) atoms. The van der Waals surface area contributed by atoms with Gasteiger partial charge in [-0.05, 0) is 59.0 Å². The molecule has 0 bridgehead atoms. The van der Waals surface area contributed by atoms with E-state index >= 15 is 0 Å². The Balaban J connectivity index is 1.26. The number of carbonyl (C=O) groups is 1. The van der Waals surface area contributed by atoms with Gasteiger partial charge in [0, 0.05) is 43.0 Å². The number of aromatic nitrogens is 2. The third-order valence-corrected chi connectivity index (χ3v) is 6.23. The van der Waals surface area contributed by atoms with E-state index in [9.17, 15) is 4.79 Å². The molecule has 0 spiro atoms. The number of fused-ring (bicyclic) bond motifs is 2. The molecule has 0 radical (unpaired) electrons. The summed E-state index contributed by atoms with van der Waals surface area (Å²) in [6.45, 7) is 2.47. The second kappa shape index (κ2) is 8.62. The molecule has 166 valence electrons. The molecule has 2 aliphatic heterocycles. The average Bonchev–Trinajstić information content (AvgIpc) is 3.54. The van der Waals surface area contributed by atoms with Gasteiger partial charge < -0.3 is 9.64 Å². The standard InChI is InChI=1S/C28H22N4O2/c33-28(31-13-15-34-16-14-31)23-6-4-21(5-7-23)24-8-10-27-30-18-25(32(27)19-24)9-2-20-1-3-22-11-12-29-26(22)17-20/h1,3-8,10,12,17-19H,11,13-16H2. The van der Waals surface area contributed by atoms with E-state index in [1.54, 1.807) is 6.20 Å². The minimum atomic E-state index is 0.0507. The van der Waals surface area contributed by atoms with Crippen LogP contribution < -0.4 is 0 Å². The van der Waals surface area contributed by atoms with Gasteiger partial charge in [0.15, 0.2) is 0 Å². The topological polar surface area (TPSA) is 59.2 Å². The summed E-state index contributed by atoms with van der Waals surface area (Å²) in [6.07, 6.45) is 6.65. The first kappa shape index (κ1) is 20.4. The van der Waals surface area contributed by atoms with Crippen molar-refractivity contribution in [3.63, 3.8) is 0 Å². The molecule has 2 aromatic carbocycles. The predicted molar refractivity (Wildman–Crippen MR) is 132 cm³/mol. The van der Waals surface area contributed by atoms with Crippen LogP contribution in [0.3, 0.4) is 0 Å². The number of rotatable bonds is 2. The molecule has 1 saturated heterocycles. The number of amides is 1. The highest BCUT2D eigenvalue weighted by Crippen LogP contribution is 2.25. The number of benzene rings is 2. The minimum absolute atomic E-state index is 0.0507. The van der Waals surface area contributed by atoms with Crippen LogP contribution in [0.5, 0.6) is 0 Å². The van der Waals surface area contributed by atoms with Crippen molar-refractivity contribution in [3.05, 3.63) is 89.4 Å². The summed E-state index contributed by atoms with van der Waals surface area (Å²) >= 11 is 0. The van der Waals surface area contributed by atoms with Gasteiger partial charge in [-0.25, -0.2) is 4.98 Å². The molecular formula is C28H22N4O2. The summed E-state index contributed by atoms with van der Waals surface area (Å²) in [5.74, 6) is 6.55. The molecular weight excluding hydrogens is 424 g/mol. The van der Waals surface area contributed by atoms with E-state index in [-0.39, 0.29) is 5.91 Å². The van der Waals surface area contributed by atoms with Crippen LogP contribution in [-0.4, -0.2) is 52.7 Å². The van der Waals surface area contributed by atoms with E-state index in [1.807, 2.05) is 70.2 Å². The lowest BCUT2D eigenvalue weighted by molar-refractivity contribution is 0.0303. The van der Waals surface area contributed by atoms with Crippen molar-refractivity contribution in [1.82, 2.24) is 14.3 Å². The predicted octanol–water partition coefficient (Wildman–Crippen LogP) is 4.13.